The van der Waals surface area contributed by atoms with Gasteiger partial charge in [0.15, 0.2) is 0 Å². The van der Waals surface area contributed by atoms with Gasteiger partial charge in [-0.1, -0.05) is 20.8 Å². The number of nitrogens with zero attached hydrogens (tertiary/aromatic N) is 2. The van der Waals surface area contributed by atoms with Crippen LogP contribution in [-0.2, 0) is 0 Å². The minimum atomic E-state index is 0.391. The van der Waals surface area contributed by atoms with E-state index in [2.05, 4.69) is 48.3 Å². The molecule has 1 heterocycles. The van der Waals surface area contributed by atoms with Crippen LogP contribution in [0.25, 0.3) is 0 Å². The molecule has 0 amide bonds. The van der Waals surface area contributed by atoms with Crippen LogP contribution >= 0.6 is 11.8 Å². The zero-order valence-corrected chi connectivity index (χ0v) is 12.8. The van der Waals surface area contributed by atoms with Crippen LogP contribution in [0.2, 0.25) is 0 Å². The van der Waals surface area contributed by atoms with Gasteiger partial charge in [-0.05, 0) is 18.6 Å². The van der Waals surface area contributed by atoms with Crippen LogP contribution in [-0.4, -0.2) is 34.6 Å². The number of hydrogen-bond acceptors (Lipinski definition) is 5. The normalized spacial score (nSPS) is 12.6. The number of hydrogen-bond donors (Lipinski definition) is 2. The molecule has 0 saturated carbocycles. The van der Waals surface area contributed by atoms with E-state index in [1.165, 1.54) is 0 Å². The Labute approximate surface area is 114 Å². The molecular weight excluding hydrogens is 244 g/mol. The molecule has 5 heteroatoms. The molecule has 0 radical (unpaired) electrons. The van der Waals surface area contributed by atoms with Crippen molar-refractivity contribution in [1.29, 1.82) is 0 Å². The zero-order chi connectivity index (χ0) is 13.5. The second kappa shape index (κ2) is 7.46. The van der Waals surface area contributed by atoms with E-state index in [0.717, 1.165) is 28.7 Å². The molecule has 0 aliphatic heterocycles. The van der Waals surface area contributed by atoms with E-state index in [1.807, 2.05) is 18.8 Å². The SMILES string of the molecule is CCSCC(C)Nc1ncnc(NC)c1C(C)C. The van der Waals surface area contributed by atoms with Crippen LogP contribution < -0.4 is 10.6 Å². The third-order valence-corrected chi connectivity index (χ3v) is 3.80. The van der Waals surface area contributed by atoms with Gasteiger partial charge in [0.2, 0.25) is 0 Å². The van der Waals surface area contributed by atoms with Gasteiger partial charge < -0.3 is 10.6 Å². The Morgan fingerprint density at radius 2 is 1.89 bits per heavy atom. The zero-order valence-electron chi connectivity index (χ0n) is 11.9. The summed E-state index contributed by atoms with van der Waals surface area (Å²) >= 11 is 1.94. The molecule has 102 valence electrons. The monoisotopic (exact) mass is 268 g/mol. The van der Waals surface area contributed by atoms with Gasteiger partial charge in [0.05, 0.1) is 0 Å². The van der Waals surface area contributed by atoms with Crippen LogP contribution in [0.1, 0.15) is 39.2 Å². The molecule has 1 aromatic rings. The van der Waals surface area contributed by atoms with Crippen molar-refractivity contribution in [3.8, 4) is 0 Å². The molecule has 2 N–H and O–H groups in total. The topological polar surface area (TPSA) is 49.8 Å². The van der Waals surface area contributed by atoms with Gasteiger partial charge in [0.1, 0.15) is 18.0 Å². The highest BCUT2D eigenvalue weighted by Gasteiger charge is 2.15. The first kappa shape index (κ1) is 15.1. The summed E-state index contributed by atoms with van der Waals surface area (Å²) in [6.45, 7) is 8.70. The summed E-state index contributed by atoms with van der Waals surface area (Å²) in [7, 11) is 1.90. The van der Waals surface area contributed by atoms with Crippen molar-refractivity contribution in [3.05, 3.63) is 11.9 Å². The van der Waals surface area contributed by atoms with E-state index < -0.39 is 0 Å². The first-order valence-electron chi connectivity index (χ1n) is 6.47. The van der Waals surface area contributed by atoms with E-state index in [-0.39, 0.29) is 0 Å². The molecule has 0 aliphatic carbocycles. The van der Waals surface area contributed by atoms with Gasteiger partial charge in [-0.25, -0.2) is 9.97 Å². The Bertz CT molecular complexity index is 368. The third kappa shape index (κ3) is 4.05. The van der Waals surface area contributed by atoms with E-state index >= 15 is 0 Å². The highest BCUT2D eigenvalue weighted by atomic mass is 32.2. The summed E-state index contributed by atoms with van der Waals surface area (Å²) in [4.78, 5) is 8.67. The van der Waals surface area contributed by atoms with Crippen molar-refractivity contribution in [1.82, 2.24) is 9.97 Å². The summed E-state index contributed by atoms with van der Waals surface area (Å²) in [6.07, 6.45) is 1.61. The Hall–Kier alpha value is -0.970. The van der Waals surface area contributed by atoms with Gasteiger partial charge >= 0.3 is 0 Å². The minimum absolute atomic E-state index is 0.391. The molecule has 0 bridgehead atoms. The van der Waals surface area contributed by atoms with Crippen molar-refractivity contribution in [2.75, 3.05) is 29.2 Å². The predicted molar refractivity (Wildman–Crippen MR) is 81.8 cm³/mol. The predicted octanol–water partition coefficient (Wildman–Crippen LogP) is 3.20. The maximum absolute atomic E-state index is 4.39. The van der Waals surface area contributed by atoms with E-state index in [4.69, 9.17) is 0 Å². The fourth-order valence-electron chi connectivity index (χ4n) is 1.83. The Balaban J connectivity index is 2.87. The Morgan fingerprint density at radius 1 is 1.22 bits per heavy atom. The molecule has 1 unspecified atom stereocenters. The summed E-state index contributed by atoms with van der Waals surface area (Å²) in [6, 6.07) is 0.409. The van der Waals surface area contributed by atoms with Crippen LogP contribution in [0, 0.1) is 0 Å². The van der Waals surface area contributed by atoms with Crippen molar-refractivity contribution in [2.24, 2.45) is 0 Å². The summed E-state index contributed by atoms with van der Waals surface area (Å²) < 4.78 is 0. The average Bonchev–Trinajstić information content (AvgIpc) is 2.35. The third-order valence-electron chi connectivity index (χ3n) is 2.65. The summed E-state index contributed by atoms with van der Waals surface area (Å²) in [5.41, 5.74) is 1.16. The van der Waals surface area contributed by atoms with Crippen molar-refractivity contribution < 1.29 is 0 Å². The number of aromatic nitrogens is 2. The van der Waals surface area contributed by atoms with E-state index in [1.54, 1.807) is 6.33 Å². The molecule has 18 heavy (non-hydrogen) atoms. The number of rotatable bonds is 7. The number of anilines is 2. The Kier molecular flexibility index (Phi) is 6.25. The van der Waals surface area contributed by atoms with Gasteiger partial charge in [0.25, 0.3) is 0 Å². The first-order valence-corrected chi connectivity index (χ1v) is 7.62. The molecule has 0 saturated heterocycles. The maximum atomic E-state index is 4.39. The van der Waals surface area contributed by atoms with Crippen LogP contribution in [0.5, 0.6) is 0 Å². The molecule has 0 aromatic carbocycles. The molecule has 1 rings (SSSR count). The van der Waals surface area contributed by atoms with Crippen molar-refractivity contribution >= 4 is 23.4 Å². The summed E-state index contributed by atoms with van der Waals surface area (Å²) in [5, 5.41) is 6.63. The van der Waals surface area contributed by atoms with Crippen LogP contribution in [0.3, 0.4) is 0 Å². The maximum Gasteiger partial charge on any atom is 0.135 e. The van der Waals surface area contributed by atoms with Crippen LogP contribution in [0.4, 0.5) is 11.6 Å². The molecule has 0 spiro atoms. The molecule has 1 atom stereocenters. The first-order chi connectivity index (χ1) is 8.60. The second-order valence-electron chi connectivity index (χ2n) is 4.59. The molecular formula is C13H24N4S. The quantitative estimate of drug-likeness (QED) is 0.795. The lowest BCUT2D eigenvalue weighted by Crippen LogP contribution is -2.21. The van der Waals surface area contributed by atoms with Crippen molar-refractivity contribution in [3.63, 3.8) is 0 Å². The lowest BCUT2D eigenvalue weighted by Gasteiger charge is -2.20. The van der Waals surface area contributed by atoms with Crippen LogP contribution in [0.15, 0.2) is 6.33 Å². The fourth-order valence-corrected chi connectivity index (χ4v) is 2.50. The lowest BCUT2D eigenvalue weighted by molar-refractivity contribution is 0.829. The van der Waals surface area contributed by atoms with E-state index in [0.29, 0.717) is 12.0 Å². The van der Waals surface area contributed by atoms with Gasteiger partial charge in [-0.15, -0.1) is 0 Å². The highest BCUT2D eigenvalue weighted by Crippen LogP contribution is 2.28. The minimum Gasteiger partial charge on any atom is -0.373 e. The highest BCUT2D eigenvalue weighted by molar-refractivity contribution is 7.99. The number of thioether (sulfide) groups is 1. The molecule has 0 aliphatic rings. The second-order valence-corrected chi connectivity index (χ2v) is 5.91. The fraction of sp³-hybridized carbons (Fsp3) is 0.692. The average molecular weight is 268 g/mol. The molecule has 1 aromatic heterocycles. The number of nitrogens with one attached hydrogen (secondary N) is 2. The smallest absolute Gasteiger partial charge is 0.135 e. The molecule has 4 nitrogen and oxygen atoms in total. The lowest BCUT2D eigenvalue weighted by atomic mass is 10.0. The van der Waals surface area contributed by atoms with Gasteiger partial charge in [0, 0.05) is 24.4 Å². The van der Waals surface area contributed by atoms with Gasteiger partial charge in [-0.3, -0.25) is 0 Å². The molecule has 0 fully saturated rings. The Morgan fingerprint density at radius 3 is 2.44 bits per heavy atom. The van der Waals surface area contributed by atoms with Crippen molar-refractivity contribution in [2.45, 2.75) is 39.7 Å². The van der Waals surface area contributed by atoms with Gasteiger partial charge in [-0.2, -0.15) is 11.8 Å². The standard InChI is InChI=1S/C13H24N4S/c1-6-18-7-10(4)17-13-11(9(2)3)12(14-5)15-8-16-13/h8-10H,6-7H2,1-5H3,(H2,14,15,16,17). The van der Waals surface area contributed by atoms with E-state index in [9.17, 15) is 0 Å². The summed E-state index contributed by atoms with van der Waals surface area (Å²) in [5.74, 6) is 4.50. The largest absolute Gasteiger partial charge is 0.373 e.